The highest BCUT2D eigenvalue weighted by molar-refractivity contribution is 9.10. The summed E-state index contributed by atoms with van der Waals surface area (Å²) in [7, 11) is 0. The van der Waals surface area contributed by atoms with Gasteiger partial charge in [0.05, 0.1) is 5.41 Å². The highest BCUT2D eigenvalue weighted by Crippen LogP contribution is 2.42. The Morgan fingerprint density at radius 2 is 2.07 bits per heavy atom. The number of hydrogen-bond acceptors (Lipinski definition) is 2. The molecule has 0 atom stereocenters. The van der Waals surface area contributed by atoms with E-state index in [0.29, 0.717) is 4.67 Å². The number of rotatable bonds is 2. The molecule has 0 aromatic carbocycles. The van der Waals surface area contributed by atoms with Crippen molar-refractivity contribution in [3.05, 3.63) is 22.6 Å². The minimum absolute atomic E-state index is 0.233. The third kappa shape index (κ3) is 1.44. The molecule has 0 spiro atoms. The van der Waals surface area contributed by atoms with Crippen LogP contribution < -0.4 is 0 Å². The van der Waals surface area contributed by atoms with Crippen molar-refractivity contribution in [2.45, 2.75) is 38.0 Å². The lowest BCUT2D eigenvalue weighted by Crippen LogP contribution is -2.30. The molecule has 1 fully saturated rings. The number of halogens is 1. The summed E-state index contributed by atoms with van der Waals surface area (Å²) in [5.74, 6) is 1.06. The molecule has 0 saturated heterocycles. The molecule has 0 amide bonds. The van der Waals surface area contributed by atoms with E-state index in [2.05, 4.69) is 15.9 Å². The third-order valence-corrected chi connectivity index (χ3v) is 3.60. The zero-order valence-electron chi connectivity index (χ0n) is 8.18. The number of hydrogen-bond donors (Lipinski definition) is 0. The summed E-state index contributed by atoms with van der Waals surface area (Å²) in [6, 6.07) is 3.77. The zero-order chi connectivity index (χ0) is 10.2. The average Bonchev–Trinajstić information content (AvgIpc) is 2.71. The zero-order valence-corrected chi connectivity index (χ0v) is 9.76. The predicted molar refractivity (Wildman–Crippen MR) is 57.2 cm³/mol. The lowest BCUT2D eigenvalue weighted by atomic mass is 9.80. The Morgan fingerprint density at radius 1 is 1.43 bits per heavy atom. The van der Waals surface area contributed by atoms with E-state index < -0.39 is 0 Å². The molecular weight excluding hydrogens is 244 g/mol. The molecule has 1 heterocycles. The van der Waals surface area contributed by atoms with Gasteiger partial charge in [0, 0.05) is 0 Å². The number of carbonyl (C=O) groups is 1. The highest BCUT2D eigenvalue weighted by atomic mass is 79.9. The van der Waals surface area contributed by atoms with E-state index in [9.17, 15) is 4.79 Å². The molecule has 0 radical (unpaired) electrons. The summed E-state index contributed by atoms with van der Waals surface area (Å²) in [6.45, 7) is 1.67. The Labute approximate surface area is 91.8 Å². The van der Waals surface area contributed by atoms with Crippen LogP contribution in [0.15, 0.2) is 21.2 Å². The predicted octanol–water partition coefficient (Wildman–Crippen LogP) is 3.44. The quantitative estimate of drug-likeness (QED) is 0.812. The van der Waals surface area contributed by atoms with E-state index in [0.717, 1.165) is 31.4 Å². The van der Waals surface area contributed by atoms with Crippen molar-refractivity contribution in [2.75, 3.05) is 0 Å². The van der Waals surface area contributed by atoms with Crippen molar-refractivity contribution >= 4 is 21.7 Å². The number of carbonyl (C=O) groups excluding carboxylic acids is 1. The van der Waals surface area contributed by atoms with Gasteiger partial charge in [-0.25, -0.2) is 0 Å². The minimum Gasteiger partial charge on any atom is -0.453 e. The fourth-order valence-electron chi connectivity index (χ4n) is 2.32. The van der Waals surface area contributed by atoms with E-state index >= 15 is 0 Å². The summed E-state index contributed by atoms with van der Waals surface area (Å²) in [4.78, 5) is 11.7. The van der Waals surface area contributed by atoms with Crippen molar-refractivity contribution in [3.8, 4) is 0 Å². The second-order valence-corrected chi connectivity index (χ2v) is 4.73. The standard InChI is InChI=1S/C11H13BrO2/c1-8(13)11(6-2-3-7-11)9-4-5-10(12)14-9/h4-5H,2-3,6-7H2,1H3. The van der Waals surface area contributed by atoms with Gasteiger partial charge in [-0.2, -0.15) is 0 Å². The molecule has 3 heteroatoms. The fourth-order valence-corrected chi connectivity index (χ4v) is 2.63. The van der Waals surface area contributed by atoms with Crippen molar-refractivity contribution < 1.29 is 9.21 Å². The molecule has 2 rings (SSSR count). The van der Waals surface area contributed by atoms with Crippen molar-refractivity contribution in [1.29, 1.82) is 0 Å². The van der Waals surface area contributed by atoms with Crippen LogP contribution in [0.5, 0.6) is 0 Å². The molecule has 0 unspecified atom stereocenters. The van der Waals surface area contributed by atoms with Gasteiger partial charge in [-0.1, -0.05) is 12.8 Å². The van der Waals surface area contributed by atoms with Gasteiger partial charge >= 0.3 is 0 Å². The third-order valence-electron chi connectivity index (χ3n) is 3.18. The largest absolute Gasteiger partial charge is 0.453 e. The normalized spacial score (nSPS) is 19.9. The Morgan fingerprint density at radius 3 is 2.50 bits per heavy atom. The van der Waals surface area contributed by atoms with Crippen LogP contribution in [-0.2, 0) is 10.2 Å². The number of furan rings is 1. The molecule has 0 bridgehead atoms. The monoisotopic (exact) mass is 256 g/mol. The van der Waals surface area contributed by atoms with E-state index in [4.69, 9.17) is 4.42 Å². The topological polar surface area (TPSA) is 30.2 Å². The Balaban J connectivity index is 2.41. The molecule has 0 aliphatic heterocycles. The number of ketones is 1. The van der Waals surface area contributed by atoms with Gasteiger partial charge in [-0.3, -0.25) is 4.79 Å². The van der Waals surface area contributed by atoms with Crippen molar-refractivity contribution in [1.82, 2.24) is 0 Å². The molecular formula is C11H13BrO2. The fraction of sp³-hybridized carbons (Fsp3) is 0.545. The summed E-state index contributed by atoms with van der Waals surface area (Å²) in [6.07, 6.45) is 4.11. The molecule has 1 saturated carbocycles. The van der Waals surface area contributed by atoms with E-state index in [1.54, 1.807) is 6.92 Å². The first-order valence-electron chi connectivity index (χ1n) is 4.92. The summed E-state index contributed by atoms with van der Waals surface area (Å²) in [5, 5.41) is 0. The maximum Gasteiger partial charge on any atom is 0.169 e. The van der Waals surface area contributed by atoms with Crippen LogP contribution in [0.1, 0.15) is 38.4 Å². The van der Waals surface area contributed by atoms with Crippen LogP contribution in [0.4, 0.5) is 0 Å². The smallest absolute Gasteiger partial charge is 0.169 e. The lowest BCUT2D eigenvalue weighted by molar-refractivity contribution is -0.122. The second kappa shape index (κ2) is 3.54. The molecule has 1 aromatic heterocycles. The second-order valence-electron chi connectivity index (χ2n) is 3.95. The van der Waals surface area contributed by atoms with Gasteiger partial charge in [0.25, 0.3) is 0 Å². The van der Waals surface area contributed by atoms with E-state index in [1.807, 2.05) is 12.1 Å². The maximum atomic E-state index is 11.7. The molecule has 14 heavy (non-hydrogen) atoms. The van der Waals surface area contributed by atoms with Gasteiger partial charge in [-0.05, 0) is 47.8 Å². The minimum atomic E-state index is -0.327. The van der Waals surface area contributed by atoms with Gasteiger partial charge in [-0.15, -0.1) is 0 Å². The summed E-state index contributed by atoms with van der Waals surface area (Å²) < 4.78 is 6.24. The lowest BCUT2D eigenvalue weighted by Gasteiger charge is -2.22. The van der Waals surface area contributed by atoms with Crippen LogP contribution in [0, 0.1) is 0 Å². The molecule has 76 valence electrons. The van der Waals surface area contributed by atoms with E-state index in [1.165, 1.54) is 0 Å². The summed E-state index contributed by atoms with van der Waals surface area (Å²) in [5.41, 5.74) is -0.327. The van der Waals surface area contributed by atoms with Gasteiger partial charge < -0.3 is 4.42 Å². The first kappa shape index (κ1) is 9.97. The molecule has 2 nitrogen and oxygen atoms in total. The van der Waals surface area contributed by atoms with Gasteiger partial charge in [0.15, 0.2) is 4.67 Å². The Bertz CT molecular complexity index is 348. The molecule has 1 aromatic rings. The van der Waals surface area contributed by atoms with Crippen molar-refractivity contribution in [3.63, 3.8) is 0 Å². The molecule has 1 aliphatic carbocycles. The van der Waals surface area contributed by atoms with E-state index in [-0.39, 0.29) is 11.2 Å². The first-order valence-corrected chi connectivity index (χ1v) is 5.71. The van der Waals surface area contributed by atoms with Crippen LogP contribution in [0.3, 0.4) is 0 Å². The molecule has 1 aliphatic rings. The molecule has 0 N–H and O–H groups in total. The highest BCUT2D eigenvalue weighted by Gasteiger charge is 2.42. The number of Topliss-reactive ketones (excluding diaryl/α,β-unsaturated/α-hetero) is 1. The maximum absolute atomic E-state index is 11.7. The summed E-state index contributed by atoms with van der Waals surface area (Å²) >= 11 is 3.27. The first-order chi connectivity index (χ1) is 6.65. The van der Waals surface area contributed by atoms with Gasteiger partial charge in [0.1, 0.15) is 11.5 Å². The van der Waals surface area contributed by atoms with Crippen LogP contribution in [0.2, 0.25) is 0 Å². The average molecular weight is 257 g/mol. The Hall–Kier alpha value is -0.570. The van der Waals surface area contributed by atoms with Crippen LogP contribution in [0.25, 0.3) is 0 Å². The van der Waals surface area contributed by atoms with Crippen molar-refractivity contribution in [2.24, 2.45) is 0 Å². The SMILES string of the molecule is CC(=O)C1(c2ccc(Br)o2)CCCC1. The Kier molecular flexibility index (Phi) is 2.52. The van der Waals surface area contributed by atoms with Gasteiger partial charge in [0.2, 0.25) is 0 Å². The van der Waals surface area contributed by atoms with Crippen LogP contribution in [-0.4, -0.2) is 5.78 Å². The van der Waals surface area contributed by atoms with Crippen LogP contribution >= 0.6 is 15.9 Å².